The molecule has 2 saturated heterocycles. The summed E-state index contributed by atoms with van der Waals surface area (Å²) in [6, 6.07) is 12.6. The van der Waals surface area contributed by atoms with Crippen molar-refractivity contribution in [1.29, 1.82) is 0 Å². The van der Waals surface area contributed by atoms with E-state index in [0.717, 1.165) is 5.56 Å². The highest BCUT2D eigenvalue weighted by Gasteiger charge is 2.52. The van der Waals surface area contributed by atoms with E-state index in [4.69, 9.17) is 9.90 Å². The molecule has 1 aromatic carbocycles. The third kappa shape index (κ3) is 5.19. The minimum atomic E-state index is -3.07. The molecular formula is C21H24FN3O5S. The quantitative estimate of drug-likeness (QED) is 0.700. The van der Waals surface area contributed by atoms with Crippen LogP contribution in [-0.4, -0.2) is 73.5 Å². The summed E-state index contributed by atoms with van der Waals surface area (Å²) in [5.41, 5.74) is 0.327. The molecule has 0 atom stereocenters. The van der Waals surface area contributed by atoms with E-state index in [1.165, 1.54) is 18.3 Å². The lowest BCUT2D eigenvalue weighted by Crippen LogP contribution is -2.66. The molecule has 31 heavy (non-hydrogen) atoms. The van der Waals surface area contributed by atoms with E-state index < -0.39 is 21.1 Å². The molecule has 2 aliphatic heterocycles. The second-order valence-corrected chi connectivity index (χ2v) is 9.96. The molecule has 1 amide bonds. The van der Waals surface area contributed by atoms with Gasteiger partial charge in [-0.15, -0.1) is 0 Å². The Hall–Kier alpha value is -3.01. The van der Waals surface area contributed by atoms with Gasteiger partial charge < -0.3 is 14.9 Å². The normalized spacial score (nSPS) is 18.9. The van der Waals surface area contributed by atoms with Gasteiger partial charge in [0.25, 0.3) is 6.47 Å². The van der Waals surface area contributed by atoms with Crippen LogP contribution in [-0.2, 0) is 25.8 Å². The van der Waals surface area contributed by atoms with Gasteiger partial charge in [-0.1, -0.05) is 30.3 Å². The topological polar surface area (TPSA) is 108 Å². The van der Waals surface area contributed by atoms with Crippen molar-refractivity contribution in [3.63, 3.8) is 0 Å². The van der Waals surface area contributed by atoms with Crippen LogP contribution in [0.4, 0.5) is 10.2 Å². The van der Waals surface area contributed by atoms with Crippen LogP contribution in [0.1, 0.15) is 5.56 Å². The highest BCUT2D eigenvalue weighted by Crippen LogP contribution is 2.39. The van der Waals surface area contributed by atoms with Crippen LogP contribution in [0.25, 0.3) is 0 Å². The van der Waals surface area contributed by atoms with Gasteiger partial charge in [-0.25, -0.2) is 17.8 Å². The monoisotopic (exact) mass is 449 g/mol. The lowest BCUT2D eigenvalue weighted by atomic mass is 9.73. The minimum Gasteiger partial charge on any atom is -0.483 e. The third-order valence-corrected chi connectivity index (χ3v) is 7.11. The zero-order valence-corrected chi connectivity index (χ0v) is 17.7. The molecule has 3 heterocycles. The van der Waals surface area contributed by atoms with Crippen LogP contribution < -0.4 is 4.90 Å². The molecule has 8 nitrogen and oxygen atoms in total. The summed E-state index contributed by atoms with van der Waals surface area (Å²) < 4.78 is 37.6. The molecule has 2 fully saturated rings. The van der Waals surface area contributed by atoms with Crippen molar-refractivity contribution in [2.75, 3.05) is 42.6 Å². The van der Waals surface area contributed by atoms with Gasteiger partial charge in [0, 0.05) is 32.4 Å². The Bertz CT molecular complexity index is 1010. The molecule has 2 aliphatic rings. The van der Waals surface area contributed by atoms with Gasteiger partial charge in [-0.3, -0.25) is 9.59 Å². The van der Waals surface area contributed by atoms with Crippen molar-refractivity contribution in [2.24, 2.45) is 5.41 Å². The van der Waals surface area contributed by atoms with Crippen LogP contribution in [0.15, 0.2) is 48.7 Å². The van der Waals surface area contributed by atoms with Gasteiger partial charge in [-0.05, 0) is 24.1 Å². The molecule has 4 rings (SSSR count). The Morgan fingerprint density at radius 3 is 2.32 bits per heavy atom. The largest absolute Gasteiger partial charge is 0.483 e. The lowest BCUT2D eigenvalue weighted by molar-refractivity contribution is -0.143. The highest BCUT2D eigenvalue weighted by molar-refractivity contribution is 7.91. The van der Waals surface area contributed by atoms with Crippen LogP contribution >= 0.6 is 0 Å². The second kappa shape index (κ2) is 9.42. The van der Waals surface area contributed by atoms with Gasteiger partial charge in [0.05, 0.1) is 16.9 Å². The van der Waals surface area contributed by atoms with Crippen molar-refractivity contribution >= 4 is 28.0 Å². The lowest BCUT2D eigenvalue weighted by Gasteiger charge is -2.51. The average Bonchev–Trinajstić information content (AvgIpc) is 2.72. The standard InChI is InChI=1S/C20H22FN3O3S.CH2O2/c21-17-7-4-8-22-18(17)24-14-20(15-24,13-16-5-2-1-3-6-16)19(25)23-9-11-28(26,27)12-10-23;2-1-3/h1-8H,9-15H2;1H,(H,2,3). The zero-order valence-electron chi connectivity index (χ0n) is 16.9. The number of carbonyl (C=O) groups is 2. The van der Waals surface area contributed by atoms with E-state index in [0.29, 0.717) is 19.5 Å². The van der Waals surface area contributed by atoms with E-state index in [2.05, 4.69) is 4.98 Å². The number of pyridine rings is 1. The van der Waals surface area contributed by atoms with Gasteiger partial charge in [-0.2, -0.15) is 0 Å². The number of rotatable bonds is 4. The van der Waals surface area contributed by atoms with E-state index >= 15 is 0 Å². The molecule has 0 unspecified atom stereocenters. The van der Waals surface area contributed by atoms with Gasteiger partial charge in [0.15, 0.2) is 21.5 Å². The molecule has 2 aromatic rings. The summed E-state index contributed by atoms with van der Waals surface area (Å²) in [6.07, 6.45) is 2.06. The number of anilines is 1. The summed E-state index contributed by atoms with van der Waals surface area (Å²) in [6.45, 7) is 0.904. The van der Waals surface area contributed by atoms with Crippen molar-refractivity contribution in [1.82, 2.24) is 9.88 Å². The molecule has 0 saturated carbocycles. The summed E-state index contributed by atoms with van der Waals surface area (Å²) in [7, 11) is -3.07. The number of nitrogens with zero attached hydrogens (tertiary/aromatic N) is 3. The Morgan fingerprint density at radius 1 is 1.13 bits per heavy atom. The number of carboxylic acid groups (broad SMARTS) is 1. The van der Waals surface area contributed by atoms with E-state index in [1.807, 2.05) is 30.3 Å². The first-order valence-electron chi connectivity index (χ1n) is 9.77. The van der Waals surface area contributed by atoms with Crippen LogP contribution in [0.3, 0.4) is 0 Å². The maximum Gasteiger partial charge on any atom is 0.290 e. The SMILES string of the molecule is O=C(N1CCS(=O)(=O)CC1)C1(Cc2ccccc2)CN(c2ncccc2F)C1.O=CO. The minimum absolute atomic E-state index is 0.00125. The fourth-order valence-electron chi connectivity index (χ4n) is 4.00. The van der Waals surface area contributed by atoms with E-state index in [1.54, 1.807) is 9.80 Å². The molecule has 10 heteroatoms. The first-order chi connectivity index (χ1) is 14.8. The Morgan fingerprint density at radius 2 is 1.74 bits per heavy atom. The molecule has 1 aromatic heterocycles. The van der Waals surface area contributed by atoms with Crippen molar-refractivity contribution < 1.29 is 27.5 Å². The first-order valence-corrected chi connectivity index (χ1v) is 11.6. The molecule has 0 radical (unpaired) electrons. The van der Waals surface area contributed by atoms with Crippen molar-refractivity contribution in [3.05, 3.63) is 60.0 Å². The zero-order chi connectivity index (χ0) is 22.5. The number of sulfone groups is 1. The van der Waals surface area contributed by atoms with Crippen LogP contribution in [0.2, 0.25) is 0 Å². The number of benzene rings is 1. The Labute approximate surface area is 180 Å². The maximum atomic E-state index is 14.1. The molecule has 1 N–H and O–H groups in total. The summed E-state index contributed by atoms with van der Waals surface area (Å²) in [4.78, 5) is 29.3. The first kappa shape index (κ1) is 22.7. The number of halogens is 1. The number of aromatic nitrogens is 1. The molecule has 166 valence electrons. The molecule has 0 spiro atoms. The average molecular weight is 450 g/mol. The smallest absolute Gasteiger partial charge is 0.290 e. The number of amides is 1. The highest BCUT2D eigenvalue weighted by atomic mass is 32.2. The van der Waals surface area contributed by atoms with Crippen molar-refractivity contribution in [2.45, 2.75) is 6.42 Å². The van der Waals surface area contributed by atoms with Gasteiger partial charge in [0.2, 0.25) is 5.91 Å². The van der Waals surface area contributed by atoms with E-state index in [9.17, 15) is 17.6 Å². The molecule has 0 aliphatic carbocycles. The second-order valence-electron chi connectivity index (χ2n) is 7.66. The van der Waals surface area contributed by atoms with Gasteiger partial charge in [0.1, 0.15) is 0 Å². The number of hydrogen-bond donors (Lipinski definition) is 1. The molecular weight excluding hydrogens is 425 g/mol. The van der Waals surface area contributed by atoms with Crippen LogP contribution in [0.5, 0.6) is 0 Å². The Balaban J connectivity index is 0.000000858. The predicted molar refractivity (Wildman–Crippen MR) is 113 cm³/mol. The maximum absolute atomic E-state index is 14.1. The summed E-state index contributed by atoms with van der Waals surface area (Å²) in [5.74, 6) is -0.219. The predicted octanol–water partition coefficient (Wildman–Crippen LogP) is 1.23. The van der Waals surface area contributed by atoms with Crippen LogP contribution in [0, 0.1) is 11.2 Å². The van der Waals surface area contributed by atoms with Crippen molar-refractivity contribution in [3.8, 4) is 0 Å². The molecule has 0 bridgehead atoms. The van der Waals surface area contributed by atoms with E-state index in [-0.39, 0.29) is 42.8 Å². The fraction of sp³-hybridized carbons (Fsp3) is 0.381. The number of hydrogen-bond acceptors (Lipinski definition) is 6. The van der Waals surface area contributed by atoms with Gasteiger partial charge >= 0.3 is 0 Å². The number of carbonyl (C=O) groups excluding carboxylic acids is 1. The third-order valence-electron chi connectivity index (χ3n) is 5.50. The Kier molecular flexibility index (Phi) is 6.89. The summed E-state index contributed by atoms with van der Waals surface area (Å²) in [5, 5.41) is 6.89. The fourth-order valence-corrected chi connectivity index (χ4v) is 5.21. The summed E-state index contributed by atoms with van der Waals surface area (Å²) >= 11 is 0.